The number of ether oxygens (including phenoxy) is 3. The number of halogens is 1. The largest absolute Gasteiger partial charge is 0.493 e. The summed E-state index contributed by atoms with van der Waals surface area (Å²) in [7, 11) is 4.50. The average molecular weight is 413 g/mol. The summed E-state index contributed by atoms with van der Waals surface area (Å²) in [5, 5.41) is 0.559. The zero-order chi connectivity index (χ0) is 18.9. The van der Waals surface area contributed by atoms with E-state index in [1.54, 1.807) is 50.6 Å². The van der Waals surface area contributed by atoms with Crippen molar-refractivity contribution in [3.05, 3.63) is 58.7 Å². The number of hydrogen-bond donors (Lipinski definition) is 0. The summed E-state index contributed by atoms with van der Waals surface area (Å²) in [5.41, 5.74) is 2.73. The van der Waals surface area contributed by atoms with Crippen molar-refractivity contribution in [1.82, 2.24) is 0 Å². The molecule has 0 bridgehead atoms. The van der Waals surface area contributed by atoms with E-state index in [2.05, 4.69) is 44.3 Å². The van der Waals surface area contributed by atoms with Crippen LogP contribution in [0.3, 0.4) is 0 Å². The van der Waals surface area contributed by atoms with Gasteiger partial charge in [0.25, 0.3) is 0 Å². The van der Waals surface area contributed by atoms with Crippen LogP contribution in [-0.4, -0.2) is 32.6 Å². The molecule has 0 heterocycles. The van der Waals surface area contributed by atoms with E-state index in [4.69, 9.17) is 9.47 Å². The van der Waals surface area contributed by atoms with E-state index >= 15 is 0 Å². The number of benzene rings is 2. The minimum atomic E-state index is -0.378. The fraction of sp³-hybridized carbons (Fsp3) is 0.190. The van der Waals surface area contributed by atoms with Gasteiger partial charge in [0.15, 0.2) is 11.5 Å². The predicted octanol–water partition coefficient (Wildman–Crippen LogP) is 3.64. The average Bonchev–Trinajstić information content (AvgIpc) is 2.70. The van der Waals surface area contributed by atoms with Crippen molar-refractivity contribution < 1.29 is 19.0 Å². The lowest BCUT2D eigenvalue weighted by molar-refractivity contribution is 0.0600. The fourth-order valence-electron chi connectivity index (χ4n) is 2.16. The molecule has 0 fully saturated rings. The van der Waals surface area contributed by atoms with E-state index < -0.39 is 0 Å². The lowest BCUT2D eigenvalue weighted by Gasteiger charge is -2.09. The maximum atomic E-state index is 11.5. The highest BCUT2D eigenvalue weighted by atomic mass is 79.9. The highest BCUT2D eigenvalue weighted by Crippen LogP contribution is 2.30. The highest BCUT2D eigenvalue weighted by Gasteiger charge is 2.09. The molecular formula is C21H17BrO4. The van der Waals surface area contributed by atoms with Gasteiger partial charge in [-0.05, 0) is 24.3 Å². The number of carbonyl (C=O) groups excluding carboxylic acids is 1. The van der Waals surface area contributed by atoms with Crippen LogP contribution >= 0.6 is 15.9 Å². The molecule has 0 amide bonds. The van der Waals surface area contributed by atoms with Gasteiger partial charge in [-0.1, -0.05) is 39.6 Å². The van der Waals surface area contributed by atoms with Gasteiger partial charge in [0.2, 0.25) is 0 Å². The van der Waals surface area contributed by atoms with Crippen LogP contribution in [0.2, 0.25) is 0 Å². The first-order valence-corrected chi connectivity index (χ1v) is 8.76. The third-order valence-electron chi connectivity index (χ3n) is 3.46. The second-order valence-electron chi connectivity index (χ2n) is 5.01. The van der Waals surface area contributed by atoms with Crippen molar-refractivity contribution in [1.29, 1.82) is 0 Å². The number of esters is 1. The molecular weight excluding hydrogens is 396 g/mol. The van der Waals surface area contributed by atoms with Crippen LogP contribution < -0.4 is 9.47 Å². The Hall–Kier alpha value is -2.89. The molecule has 0 N–H and O–H groups in total. The Morgan fingerprint density at radius 2 is 1.50 bits per heavy atom. The van der Waals surface area contributed by atoms with Gasteiger partial charge in [-0.2, -0.15) is 0 Å². The number of methoxy groups -OCH3 is 3. The smallest absolute Gasteiger partial charge is 0.337 e. The predicted molar refractivity (Wildman–Crippen MR) is 104 cm³/mol. The van der Waals surface area contributed by atoms with Crippen molar-refractivity contribution in [3.8, 4) is 35.2 Å². The van der Waals surface area contributed by atoms with E-state index in [0.29, 0.717) is 22.4 Å². The molecule has 0 aliphatic rings. The molecule has 132 valence electrons. The van der Waals surface area contributed by atoms with Crippen molar-refractivity contribution in [2.75, 3.05) is 26.7 Å². The number of rotatable bonds is 3. The van der Waals surface area contributed by atoms with Crippen molar-refractivity contribution in [3.63, 3.8) is 0 Å². The van der Waals surface area contributed by atoms with Crippen molar-refractivity contribution in [2.45, 2.75) is 0 Å². The van der Waals surface area contributed by atoms with Crippen molar-refractivity contribution in [2.24, 2.45) is 0 Å². The molecule has 2 aromatic rings. The molecule has 0 radical (unpaired) electrons. The molecule has 0 aromatic heterocycles. The van der Waals surface area contributed by atoms with E-state index in [0.717, 1.165) is 16.7 Å². The van der Waals surface area contributed by atoms with Crippen LogP contribution in [0.15, 0.2) is 36.4 Å². The van der Waals surface area contributed by atoms with Crippen LogP contribution in [0.4, 0.5) is 0 Å². The Morgan fingerprint density at radius 1 is 0.923 bits per heavy atom. The van der Waals surface area contributed by atoms with E-state index in [1.165, 1.54) is 7.11 Å². The molecule has 5 heteroatoms. The first-order chi connectivity index (χ1) is 12.6. The number of alkyl halides is 1. The Morgan fingerprint density at radius 3 is 2.00 bits per heavy atom. The van der Waals surface area contributed by atoms with Crippen LogP contribution in [0.1, 0.15) is 27.0 Å². The number of hydrogen-bond acceptors (Lipinski definition) is 4. The summed E-state index contributed by atoms with van der Waals surface area (Å²) in [4.78, 5) is 11.5. The second kappa shape index (κ2) is 9.56. The lowest BCUT2D eigenvalue weighted by Crippen LogP contribution is -2.00. The third-order valence-corrected chi connectivity index (χ3v) is 3.74. The Kier molecular flexibility index (Phi) is 7.14. The normalized spacial score (nSPS) is 9.23. The number of carbonyl (C=O) groups is 1. The molecule has 0 aliphatic heterocycles. The standard InChI is InChI=1S/C21H17BrO4/c1-24-19-13-17(5-4-12-22)18(14-20(19)25-2)11-8-15-6-9-16(10-7-15)21(23)26-3/h6-7,9-10,13-14H,12H2,1-3H3. The van der Waals surface area contributed by atoms with Gasteiger partial charge in [-0.3, -0.25) is 0 Å². The SMILES string of the molecule is COC(=O)c1ccc(C#Cc2cc(OC)c(OC)cc2C#CCBr)cc1. The van der Waals surface area contributed by atoms with Crippen LogP contribution in [0.25, 0.3) is 0 Å². The topological polar surface area (TPSA) is 44.8 Å². The maximum absolute atomic E-state index is 11.5. The van der Waals surface area contributed by atoms with Gasteiger partial charge in [0.1, 0.15) is 0 Å². The minimum absolute atomic E-state index is 0.378. The van der Waals surface area contributed by atoms with E-state index in [9.17, 15) is 4.79 Å². The molecule has 26 heavy (non-hydrogen) atoms. The molecule has 0 unspecified atom stereocenters. The van der Waals surface area contributed by atoms with E-state index in [-0.39, 0.29) is 5.97 Å². The first-order valence-electron chi connectivity index (χ1n) is 7.64. The molecule has 0 aliphatic carbocycles. The molecule has 0 atom stereocenters. The van der Waals surface area contributed by atoms with Crippen LogP contribution in [0, 0.1) is 23.7 Å². The molecule has 0 saturated carbocycles. The summed E-state index contributed by atoms with van der Waals surface area (Å²) in [6.07, 6.45) is 0. The Labute approximate surface area is 161 Å². The second-order valence-corrected chi connectivity index (χ2v) is 5.57. The molecule has 0 spiro atoms. The quantitative estimate of drug-likeness (QED) is 0.438. The maximum Gasteiger partial charge on any atom is 0.337 e. The zero-order valence-corrected chi connectivity index (χ0v) is 16.3. The summed E-state index contributed by atoms with van der Waals surface area (Å²) in [5.74, 6) is 13.0. The van der Waals surface area contributed by atoms with Gasteiger partial charge in [-0.15, -0.1) is 0 Å². The summed E-state index contributed by atoms with van der Waals surface area (Å²) in [6, 6.07) is 10.5. The zero-order valence-electron chi connectivity index (χ0n) is 14.7. The summed E-state index contributed by atoms with van der Waals surface area (Å²) in [6.45, 7) is 0. The van der Waals surface area contributed by atoms with Gasteiger partial charge in [0, 0.05) is 28.8 Å². The van der Waals surface area contributed by atoms with Crippen LogP contribution in [-0.2, 0) is 4.74 Å². The lowest BCUT2D eigenvalue weighted by atomic mass is 10.1. The summed E-state index contributed by atoms with van der Waals surface area (Å²) >= 11 is 3.29. The molecule has 4 nitrogen and oxygen atoms in total. The van der Waals surface area contributed by atoms with Crippen molar-refractivity contribution >= 4 is 21.9 Å². The Bertz CT molecular complexity index is 909. The van der Waals surface area contributed by atoms with Gasteiger partial charge in [0.05, 0.1) is 32.2 Å². The Balaban J connectivity index is 2.42. The van der Waals surface area contributed by atoms with E-state index in [1.807, 2.05) is 0 Å². The summed E-state index contributed by atoms with van der Waals surface area (Å²) < 4.78 is 15.4. The fourth-order valence-corrected chi connectivity index (χ4v) is 2.30. The van der Waals surface area contributed by atoms with Gasteiger partial charge >= 0.3 is 5.97 Å². The molecule has 0 saturated heterocycles. The van der Waals surface area contributed by atoms with Gasteiger partial charge < -0.3 is 14.2 Å². The third kappa shape index (κ3) is 4.81. The molecule has 2 aromatic carbocycles. The van der Waals surface area contributed by atoms with Crippen LogP contribution in [0.5, 0.6) is 11.5 Å². The molecule has 2 rings (SSSR count). The first kappa shape index (κ1) is 19.4. The highest BCUT2D eigenvalue weighted by molar-refractivity contribution is 9.09. The monoisotopic (exact) mass is 412 g/mol. The van der Waals surface area contributed by atoms with Gasteiger partial charge in [-0.25, -0.2) is 4.79 Å². The minimum Gasteiger partial charge on any atom is -0.493 e.